The molecule has 0 spiro atoms. The van der Waals surface area contributed by atoms with Gasteiger partial charge in [-0.1, -0.05) is 70.9 Å². The van der Waals surface area contributed by atoms with Crippen molar-refractivity contribution >= 4 is 45.7 Å². The summed E-state index contributed by atoms with van der Waals surface area (Å²) in [7, 11) is 0. The third-order valence-corrected chi connectivity index (χ3v) is 12.0. The highest BCUT2D eigenvalue weighted by Crippen LogP contribution is 2.42. The van der Waals surface area contributed by atoms with Crippen LogP contribution in [0.2, 0.25) is 0 Å². The molecule has 0 aliphatic heterocycles. The zero-order chi connectivity index (χ0) is 39.4. The number of amides is 1. The normalized spacial score (nSPS) is 18.0. The Hall–Kier alpha value is -4.39. The molecule has 1 amide bonds. The number of carbonyl (C=O) groups is 4. The van der Waals surface area contributed by atoms with Gasteiger partial charge in [0.1, 0.15) is 17.1 Å². The molecule has 0 unspecified atom stereocenters. The lowest BCUT2D eigenvalue weighted by atomic mass is 9.72. The number of nitrogens with one attached hydrogen (secondary N) is 2. The molecule has 2 heterocycles. The number of aromatic amines is 1. The zero-order valence-corrected chi connectivity index (χ0v) is 32.0. The van der Waals surface area contributed by atoms with Gasteiger partial charge in [0.15, 0.2) is 11.5 Å². The van der Waals surface area contributed by atoms with Gasteiger partial charge in [-0.3, -0.25) is 14.4 Å². The van der Waals surface area contributed by atoms with Gasteiger partial charge in [0.05, 0.1) is 22.7 Å². The third-order valence-electron chi connectivity index (χ3n) is 11.0. The molecule has 4 aromatic rings. The smallest absolute Gasteiger partial charge is 0.418 e. The maximum Gasteiger partial charge on any atom is 0.418 e. The highest BCUT2D eigenvalue weighted by Gasteiger charge is 2.47. The Morgan fingerprint density at radius 1 is 1.00 bits per heavy atom. The lowest BCUT2D eigenvalue weighted by Gasteiger charge is -2.39. The summed E-state index contributed by atoms with van der Waals surface area (Å²) < 4.78 is 61.8. The Morgan fingerprint density at radius 3 is 2.39 bits per heavy atom. The molecular formula is C41H47F4N3O5S. The molecule has 13 heteroatoms. The first-order chi connectivity index (χ1) is 25.6. The van der Waals surface area contributed by atoms with E-state index < -0.39 is 46.8 Å². The maximum absolute atomic E-state index is 14.9. The lowest BCUT2D eigenvalue weighted by Crippen LogP contribution is -2.59. The SMILES string of the molecule is CCOC(=O)c1csc([C@@H](CC(=O)[C@@]2(NC(=O)[C@@H](CC(=O)Cc3ccccc3F)[C@@H](C)CC)CCc3[nH]c4c(C(F)(F)F)cccc4c3C2)[C@@H](C)CC)n1. The van der Waals surface area contributed by atoms with Gasteiger partial charge < -0.3 is 15.0 Å². The first-order valence-electron chi connectivity index (χ1n) is 18.5. The number of aromatic nitrogens is 2. The van der Waals surface area contributed by atoms with E-state index in [0.29, 0.717) is 34.5 Å². The molecule has 2 aromatic carbocycles. The number of ketones is 2. The van der Waals surface area contributed by atoms with Crippen LogP contribution in [0.5, 0.6) is 0 Å². The van der Waals surface area contributed by atoms with Crippen LogP contribution < -0.4 is 5.32 Å². The van der Waals surface area contributed by atoms with Gasteiger partial charge >= 0.3 is 12.1 Å². The molecule has 8 nitrogen and oxygen atoms in total. The van der Waals surface area contributed by atoms with Crippen LogP contribution in [0.4, 0.5) is 17.6 Å². The molecular weight excluding hydrogens is 723 g/mol. The molecule has 1 aliphatic carbocycles. The monoisotopic (exact) mass is 769 g/mol. The van der Waals surface area contributed by atoms with Crippen molar-refractivity contribution in [1.82, 2.24) is 15.3 Å². The minimum absolute atomic E-state index is 0.0588. The number of carbonyl (C=O) groups excluding carboxylic acids is 4. The number of para-hydroxylation sites is 1. The maximum atomic E-state index is 14.9. The fourth-order valence-electron chi connectivity index (χ4n) is 7.43. The van der Waals surface area contributed by atoms with Gasteiger partial charge in [0.2, 0.25) is 5.91 Å². The first kappa shape index (κ1) is 40.8. The number of halogens is 4. The highest BCUT2D eigenvalue weighted by atomic mass is 32.1. The molecule has 0 saturated carbocycles. The summed E-state index contributed by atoms with van der Waals surface area (Å²) in [5, 5.41) is 5.56. The summed E-state index contributed by atoms with van der Waals surface area (Å²) in [5.74, 6) is -3.89. The Bertz CT molecular complexity index is 2010. The molecule has 0 radical (unpaired) electrons. The van der Waals surface area contributed by atoms with Gasteiger partial charge in [0, 0.05) is 54.0 Å². The fourth-order valence-corrected chi connectivity index (χ4v) is 8.45. The minimum Gasteiger partial charge on any atom is -0.461 e. The number of rotatable bonds is 16. The fraction of sp³-hybridized carbons (Fsp3) is 0.488. The predicted octanol–water partition coefficient (Wildman–Crippen LogP) is 8.96. The van der Waals surface area contributed by atoms with Crippen molar-refractivity contribution in [3.63, 3.8) is 0 Å². The number of fused-ring (bicyclic) bond motifs is 3. The molecule has 5 atom stereocenters. The van der Waals surface area contributed by atoms with Crippen LogP contribution in [-0.2, 0) is 44.6 Å². The number of esters is 1. The van der Waals surface area contributed by atoms with Crippen molar-refractivity contribution in [3.05, 3.63) is 86.7 Å². The largest absolute Gasteiger partial charge is 0.461 e. The first-order valence-corrected chi connectivity index (χ1v) is 19.4. The molecule has 0 saturated heterocycles. The average Bonchev–Trinajstić information content (AvgIpc) is 3.78. The standard InChI is InChI=1S/C41H47F4N3O5S/c1-6-23(4)28(19-26(49)18-25-12-9-10-15-32(25)42)37(51)48-40(17-16-33-30(21-40)27-13-11-14-31(36(27)46-33)41(43,44)45)35(50)20-29(24(5)7-2)38-47-34(22-54-38)39(52)53-8-3/h9-15,22-24,28-29,46H,6-8,16-21H2,1-5H3,(H,48,51)/t23-,24-,28-,29-,40+/m0/s1. The van der Waals surface area contributed by atoms with Crippen molar-refractivity contribution in [2.75, 3.05) is 6.61 Å². The number of nitrogens with zero attached hydrogens (tertiary/aromatic N) is 1. The number of H-pyrrole nitrogens is 1. The summed E-state index contributed by atoms with van der Waals surface area (Å²) in [5.41, 5.74) is -0.981. The minimum atomic E-state index is -4.62. The van der Waals surface area contributed by atoms with E-state index in [0.717, 1.165) is 6.07 Å². The number of ether oxygens (including phenoxy) is 1. The van der Waals surface area contributed by atoms with E-state index in [2.05, 4.69) is 15.3 Å². The van der Waals surface area contributed by atoms with Gasteiger partial charge in [-0.05, 0) is 54.9 Å². The van der Waals surface area contributed by atoms with E-state index in [1.54, 1.807) is 24.4 Å². The van der Waals surface area contributed by atoms with E-state index in [-0.39, 0.29) is 85.3 Å². The second kappa shape index (κ2) is 17.0. The van der Waals surface area contributed by atoms with Gasteiger partial charge in [-0.2, -0.15) is 13.2 Å². The van der Waals surface area contributed by atoms with E-state index in [1.807, 2.05) is 27.7 Å². The molecule has 0 fully saturated rings. The Balaban J connectivity index is 1.53. The van der Waals surface area contributed by atoms with E-state index in [9.17, 15) is 36.7 Å². The Labute approximate surface area is 316 Å². The summed E-state index contributed by atoms with van der Waals surface area (Å²) in [6, 6.07) is 9.88. The van der Waals surface area contributed by atoms with Crippen LogP contribution in [0.1, 0.15) is 111 Å². The second-order valence-corrected chi connectivity index (χ2v) is 15.4. The molecule has 5 rings (SSSR count). The number of hydrogen-bond donors (Lipinski definition) is 2. The lowest BCUT2D eigenvalue weighted by molar-refractivity contribution is -0.137. The second-order valence-electron chi connectivity index (χ2n) is 14.5. The quantitative estimate of drug-likeness (QED) is 0.0868. The van der Waals surface area contributed by atoms with Crippen molar-refractivity contribution in [2.45, 2.75) is 104 Å². The number of hydrogen-bond acceptors (Lipinski definition) is 7. The number of aryl methyl sites for hydroxylation is 1. The van der Waals surface area contributed by atoms with E-state index in [1.165, 1.54) is 35.6 Å². The average molecular weight is 770 g/mol. The highest BCUT2D eigenvalue weighted by molar-refractivity contribution is 7.09. The topological polar surface area (TPSA) is 118 Å². The summed E-state index contributed by atoms with van der Waals surface area (Å²) in [4.78, 5) is 62.7. The predicted molar refractivity (Wildman–Crippen MR) is 199 cm³/mol. The van der Waals surface area contributed by atoms with Crippen molar-refractivity contribution in [3.8, 4) is 0 Å². The molecule has 1 aliphatic rings. The number of alkyl halides is 3. The van der Waals surface area contributed by atoms with Gasteiger partial charge in [0.25, 0.3) is 0 Å². The van der Waals surface area contributed by atoms with E-state index >= 15 is 0 Å². The summed E-state index contributed by atoms with van der Waals surface area (Å²) in [6.45, 7) is 9.55. The number of thiazole rings is 1. The van der Waals surface area contributed by atoms with Crippen LogP contribution in [0.25, 0.3) is 10.9 Å². The van der Waals surface area contributed by atoms with Crippen LogP contribution >= 0.6 is 11.3 Å². The molecule has 54 heavy (non-hydrogen) atoms. The molecule has 0 bridgehead atoms. The molecule has 2 N–H and O–H groups in total. The van der Waals surface area contributed by atoms with E-state index in [4.69, 9.17) is 4.74 Å². The molecule has 290 valence electrons. The van der Waals surface area contributed by atoms with Crippen LogP contribution in [-0.4, -0.2) is 45.6 Å². The van der Waals surface area contributed by atoms with Crippen molar-refractivity contribution in [1.29, 1.82) is 0 Å². The van der Waals surface area contributed by atoms with Crippen molar-refractivity contribution < 1.29 is 41.5 Å². The Morgan fingerprint density at radius 2 is 1.72 bits per heavy atom. The third kappa shape index (κ3) is 8.77. The summed E-state index contributed by atoms with van der Waals surface area (Å²) in [6.07, 6.45) is -3.61. The zero-order valence-electron chi connectivity index (χ0n) is 31.2. The van der Waals surface area contributed by atoms with Gasteiger partial charge in [-0.25, -0.2) is 14.2 Å². The molecule has 2 aromatic heterocycles. The Kier molecular flexibility index (Phi) is 12.8. The van der Waals surface area contributed by atoms with Crippen LogP contribution in [0.3, 0.4) is 0 Å². The number of benzene rings is 2. The van der Waals surface area contributed by atoms with Gasteiger partial charge in [-0.15, -0.1) is 11.3 Å². The van der Waals surface area contributed by atoms with Crippen LogP contribution in [0.15, 0.2) is 47.8 Å². The van der Waals surface area contributed by atoms with Crippen molar-refractivity contribution in [2.24, 2.45) is 17.8 Å². The number of Topliss-reactive ketones (excluding diaryl/α,β-unsaturated/α-hetero) is 2. The summed E-state index contributed by atoms with van der Waals surface area (Å²) >= 11 is 1.25. The van der Waals surface area contributed by atoms with Crippen LogP contribution in [0, 0.1) is 23.6 Å².